The Morgan fingerprint density at radius 2 is 1.94 bits per heavy atom. The van der Waals surface area contributed by atoms with Crippen molar-refractivity contribution in [2.45, 2.75) is 51.7 Å². The molecule has 104 valence electrons. The van der Waals surface area contributed by atoms with Gasteiger partial charge in [-0.25, -0.2) is 13.8 Å². The van der Waals surface area contributed by atoms with Crippen molar-refractivity contribution >= 4 is 0 Å². The molecule has 0 bridgehead atoms. The number of nitrogens with one attached hydrogen (secondary N) is 1. The average molecular weight is 267 g/mol. The van der Waals surface area contributed by atoms with Crippen LogP contribution in [0.25, 0.3) is 0 Å². The molecule has 3 nitrogen and oxygen atoms in total. The van der Waals surface area contributed by atoms with Gasteiger partial charge in [-0.05, 0) is 20.8 Å². The molecule has 18 heavy (non-hydrogen) atoms. The molecule has 0 saturated carbocycles. The van der Waals surface area contributed by atoms with Gasteiger partial charge in [0, 0.05) is 18.3 Å². The molecule has 0 aliphatic heterocycles. The summed E-state index contributed by atoms with van der Waals surface area (Å²) >= 11 is 0. The van der Waals surface area contributed by atoms with Crippen LogP contribution in [0.3, 0.4) is 0 Å². The first kappa shape index (κ1) is 14.9. The van der Waals surface area contributed by atoms with Crippen LogP contribution >= 0.6 is 0 Å². The molecule has 1 heterocycles. The number of hydrogen-bond donors (Lipinski definition) is 1. The van der Waals surface area contributed by atoms with Crippen molar-refractivity contribution in [2.24, 2.45) is 0 Å². The third kappa shape index (κ3) is 4.29. The Bertz CT molecular complexity index is 382. The molecule has 1 aromatic rings. The summed E-state index contributed by atoms with van der Waals surface area (Å²) < 4.78 is 51.2. The lowest BCUT2D eigenvalue weighted by molar-refractivity contribution is -0.138. The summed E-state index contributed by atoms with van der Waals surface area (Å²) in [4.78, 5) is 3.71. The zero-order chi connectivity index (χ0) is 14.0. The molecule has 0 aromatic carbocycles. The van der Waals surface area contributed by atoms with Crippen molar-refractivity contribution in [1.29, 1.82) is 0 Å². The average Bonchev–Trinajstić information content (AvgIpc) is 2.60. The van der Waals surface area contributed by atoms with E-state index in [0.717, 1.165) is 10.9 Å². The molecule has 7 heteroatoms. The first-order valence-corrected chi connectivity index (χ1v) is 5.52. The van der Waals surface area contributed by atoms with E-state index in [1.54, 1.807) is 0 Å². The molecule has 1 N–H and O–H groups in total. The maximum atomic E-state index is 12.9. The van der Waals surface area contributed by atoms with Crippen molar-refractivity contribution < 1.29 is 17.6 Å². The van der Waals surface area contributed by atoms with Crippen LogP contribution < -0.4 is 5.32 Å². The minimum Gasteiger partial charge on any atom is -0.327 e. The fourth-order valence-corrected chi connectivity index (χ4v) is 1.29. The molecule has 0 amide bonds. The molecule has 0 fully saturated rings. The molecule has 0 atom stereocenters. The molecule has 0 spiro atoms. The number of halogens is 4. The fraction of sp³-hybridized carbons (Fsp3) is 0.727. The second kappa shape index (κ2) is 5.26. The largest absolute Gasteiger partial charge is 0.327 e. The molecule has 0 aliphatic rings. The maximum Gasteiger partial charge on any atom is 0.324 e. The first-order valence-electron chi connectivity index (χ1n) is 5.52. The minimum atomic E-state index is -4.04. The van der Waals surface area contributed by atoms with Crippen molar-refractivity contribution in [2.75, 3.05) is 0 Å². The zero-order valence-electron chi connectivity index (χ0n) is 10.6. The highest BCUT2D eigenvalue weighted by atomic mass is 19.3. The van der Waals surface area contributed by atoms with Crippen LogP contribution in [-0.2, 0) is 13.1 Å². The van der Waals surface area contributed by atoms with E-state index in [1.165, 1.54) is 6.20 Å². The van der Waals surface area contributed by atoms with Gasteiger partial charge in [0.1, 0.15) is 0 Å². The Labute approximate surface area is 103 Å². The topological polar surface area (TPSA) is 29.9 Å². The molecule has 0 radical (unpaired) electrons. The lowest BCUT2D eigenvalue weighted by Gasteiger charge is -2.22. The van der Waals surface area contributed by atoms with Gasteiger partial charge in [-0.1, -0.05) is 0 Å². The SMILES string of the molecule is CC(C)(C)NCc1cncn1CC(F)(F)C(F)F. The maximum absolute atomic E-state index is 12.9. The lowest BCUT2D eigenvalue weighted by atomic mass is 10.1. The molecular weight excluding hydrogens is 250 g/mol. The van der Waals surface area contributed by atoms with Gasteiger partial charge in [-0.2, -0.15) is 8.78 Å². The van der Waals surface area contributed by atoms with E-state index < -0.39 is 18.9 Å². The summed E-state index contributed by atoms with van der Waals surface area (Å²) in [5.41, 5.74) is 0.255. The second-order valence-electron chi connectivity index (χ2n) is 5.18. The number of aromatic nitrogens is 2. The normalized spacial score (nSPS) is 13.3. The summed E-state index contributed by atoms with van der Waals surface area (Å²) in [5.74, 6) is -4.04. The molecule has 1 rings (SSSR count). The monoisotopic (exact) mass is 267 g/mol. The van der Waals surface area contributed by atoms with E-state index in [4.69, 9.17) is 0 Å². The third-order valence-electron chi connectivity index (χ3n) is 2.30. The van der Waals surface area contributed by atoms with Crippen LogP contribution in [0.4, 0.5) is 17.6 Å². The highest BCUT2D eigenvalue weighted by Crippen LogP contribution is 2.25. The van der Waals surface area contributed by atoms with E-state index >= 15 is 0 Å². The van der Waals surface area contributed by atoms with Crippen LogP contribution in [0, 0.1) is 0 Å². The molecule has 1 aromatic heterocycles. The Hall–Kier alpha value is -1.11. The summed E-state index contributed by atoms with van der Waals surface area (Å²) in [5, 5.41) is 3.09. The van der Waals surface area contributed by atoms with E-state index in [9.17, 15) is 17.6 Å². The number of alkyl halides is 4. The molecule has 0 saturated heterocycles. The zero-order valence-corrected chi connectivity index (χ0v) is 10.6. The van der Waals surface area contributed by atoms with Crippen molar-refractivity contribution in [3.63, 3.8) is 0 Å². The number of imidazole rings is 1. The summed E-state index contributed by atoms with van der Waals surface area (Å²) in [7, 11) is 0. The van der Waals surface area contributed by atoms with Gasteiger partial charge in [0.15, 0.2) is 0 Å². The van der Waals surface area contributed by atoms with Gasteiger partial charge in [-0.15, -0.1) is 0 Å². The van der Waals surface area contributed by atoms with Crippen molar-refractivity contribution in [1.82, 2.24) is 14.9 Å². The predicted octanol–water partition coefficient (Wildman–Crippen LogP) is 2.67. The summed E-state index contributed by atoms with van der Waals surface area (Å²) in [6.45, 7) is 4.99. The van der Waals surface area contributed by atoms with Gasteiger partial charge in [-0.3, -0.25) is 0 Å². The summed E-state index contributed by atoms with van der Waals surface area (Å²) in [6.07, 6.45) is -1.15. The Kier molecular flexibility index (Phi) is 4.37. The van der Waals surface area contributed by atoms with Crippen LogP contribution in [0.5, 0.6) is 0 Å². The third-order valence-corrected chi connectivity index (χ3v) is 2.30. The first-order chi connectivity index (χ1) is 8.12. The lowest BCUT2D eigenvalue weighted by Crippen LogP contribution is -2.37. The van der Waals surface area contributed by atoms with E-state index in [0.29, 0.717) is 12.2 Å². The number of rotatable bonds is 5. The molecule has 0 aliphatic carbocycles. The van der Waals surface area contributed by atoms with Gasteiger partial charge in [0.2, 0.25) is 0 Å². The van der Waals surface area contributed by atoms with Gasteiger partial charge >= 0.3 is 12.3 Å². The van der Waals surface area contributed by atoms with Crippen LogP contribution in [0.1, 0.15) is 26.5 Å². The van der Waals surface area contributed by atoms with Crippen LogP contribution in [0.2, 0.25) is 0 Å². The van der Waals surface area contributed by atoms with Gasteiger partial charge in [0.05, 0.1) is 18.6 Å². The van der Waals surface area contributed by atoms with Crippen molar-refractivity contribution in [3.05, 3.63) is 18.2 Å². The highest BCUT2D eigenvalue weighted by Gasteiger charge is 2.41. The van der Waals surface area contributed by atoms with E-state index in [-0.39, 0.29) is 5.54 Å². The quantitative estimate of drug-likeness (QED) is 0.831. The number of hydrogen-bond acceptors (Lipinski definition) is 2. The smallest absolute Gasteiger partial charge is 0.324 e. The number of nitrogens with zero attached hydrogens (tertiary/aromatic N) is 2. The highest BCUT2D eigenvalue weighted by molar-refractivity contribution is 5.00. The summed E-state index contributed by atoms with van der Waals surface area (Å²) in [6, 6.07) is 0. The van der Waals surface area contributed by atoms with E-state index in [1.807, 2.05) is 20.8 Å². The van der Waals surface area contributed by atoms with Crippen LogP contribution in [0.15, 0.2) is 12.5 Å². The fourth-order valence-electron chi connectivity index (χ4n) is 1.29. The molecular formula is C11H17F4N3. The van der Waals surface area contributed by atoms with Gasteiger partial charge in [0.25, 0.3) is 0 Å². The van der Waals surface area contributed by atoms with Crippen LogP contribution in [-0.4, -0.2) is 27.4 Å². The second-order valence-corrected chi connectivity index (χ2v) is 5.18. The predicted molar refractivity (Wildman–Crippen MR) is 59.8 cm³/mol. The van der Waals surface area contributed by atoms with E-state index in [2.05, 4.69) is 10.3 Å². The Morgan fingerprint density at radius 3 is 2.44 bits per heavy atom. The van der Waals surface area contributed by atoms with Crippen molar-refractivity contribution in [3.8, 4) is 0 Å². The minimum absolute atomic E-state index is 0.194. The standard InChI is InChI=1S/C11H17F4N3/c1-10(2,3)17-5-8-4-16-7-18(8)6-11(14,15)9(12)13/h4,7,9,17H,5-6H2,1-3H3. The Morgan fingerprint density at radius 1 is 1.33 bits per heavy atom. The Balaban J connectivity index is 2.71. The van der Waals surface area contributed by atoms with Gasteiger partial charge < -0.3 is 9.88 Å². The molecule has 0 unspecified atom stereocenters.